The van der Waals surface area contributed by atoms with Crippen LogP contribution in [0.5, 0.6) is 0 Å². The van der Waals surface area contributed by atoms with Crippen molar-refractivity contribution in [2.45, 2.75) is 58.5 Å². The third-order valence-corrected chi connectivity index (χ3v) is 4.27. The first-order chi connectivity index (χ1) is 9.70. The molecule has 1 amide bonds. The summed E-state index contributed by atoms with van der Waals surface area (Å²) in [7, 11) is 0. The fourth-order valence-corrected chi connectivity index (χ4v) is 2.75. The van der Waals surface area contributed by atoms with Crippen molar-refractivity contribution in [2.24, 2.45) is 0 Å². The van der Waals surface area contributed by atoms with E-state index < -0.39 is 5.60 Å². The Hall–Kier alpha value is -1.51. The van der Waals surface area contributed by atoms with Gasteiger partial charge in [-0.05, 0) is 51.5 Å². The lowest BCUT2D eigenvalue weighted by molar-refractivity contribution is 0.0172. The van der Waals surface area contributed by atoms with Crippen LogP contribution in [0.4, 0.5) is 4.79 Å². The molecule has 0 N–H and O–H groups in total. The van der Waals surface area contributed by atoms with Crippen LogP contribution in [0, 0.1) is 6.92 Å². The van der Waals surface area contributed by atoms with E-state index >= 15 is 0 Å². The Morgan fingerprint density at radius 2 is 1.67 bits per heavy atom. The van der Waals surface area contributed by atoms with Crippen LogP contribution in [0.1, 0.15) is 51.7 Å². The van der Waals surface area contributed by atoms with Gasteiger partial charge in [0.1, 0.15) is 5.60 Å². The lowest BCUT2D eigenvalue weighted by Gasteiger charge is -2.40. The highest BCUT2D eigenvalue weighted by Crippen LogP contribution is 2.35. The number of ether oxygens (including phenoxy) is 1. The van der Waals surface area contributed by atoms with E-state index in [1.165, 1.54) is 11.1 Å². The van der Waals surface area contributed by atoms with Crippen LogP contribution in [0.15, 0.2) is 24.3 Å². The predicted molar refractivity (Wildman–Crippen MR) is 85.6 cm³/mol. The molecule has 1 saturated heterocycles. The minimum absolute atomic E-state index is 0.159. The van der Waals surface area contributed by atoms with Crippen molar-refractivity contribution in [3.63, 3.8) is 0 Å². The Morgan fingerprint density at radius 3 is 2.14 bits per heavy atom. The number of benzene rings is 1. The lowest BCUT2D eigenvalue weighted by Crippen LogP contribution is -2.45. The molecule has 0 spiro atoms. The molecule has 1 aromatic carbocycles. The number of rotatable bonds is 1. The standard InChI is InChI=1S/C18H27NO2/c1-14-6-8-15(9-7-14)18(5)10-12-19(13-11-18)16(20)21-17(2,3)4/h6-9H,10-13H2,1-5H3. The van der Waals surface area contributed by atoms with Crippen molar-refractivity contribution in [3.8, 4) is 0 Å². The van der Waals surface area contributed by atoms with Gasteiger partial charge in [0.15, 0.2) is 0 Å². The summed E-state index contributed by atoms with van der Waals surface area (Å²) in [5.41, 5.74) is 2.39. The molecule has 3 heteroatoms. The SMILES string of the molecule is Cc1ccc(C2(C)CCN(C(=O)OC(C)(C)C)CC2)cc1. The van der Waals surface area contributed by atoms with E-state index in [9.17, 15) is 4.79 Å². The van der Waals surface area contributed by atoms with Crippen molar-refractivity contribution in [1.82, 2.24) is 4.90 Å². The second-order valence-electron chi connectivity index (χ2n) is 7.39. The highest BCUT2D eigenvalue weighted by molar-refractivity contribution is 5.68. The van der Waals surface area contributed by atoms with Gasteiger partial charge < -0.3 is 9.64 Å². The summed E-state index contributed by atoms with van der Waals surface area (Å²) in [6.07, 6.45) is 1.78. The van der Waals surface area contributed by atoms with E-state index in [0.717, 1.165) is 25.9 Å². The second-order valence-corrected chi connectivity index (χ2v) is 7.39. The van der Waals surface area contributed by atoms with E-state index in [0.29, 0.717) is 0 Å². The Labute approximate surface area is 128 Å². The molecule has 1 aromatic rings. The molecule has 1 aliphatic heterocycles. The topological polar surface area (TPSA) is 29.5 Å². The van der Waals surface area contributed by atoms with E-state index in [-0.39, 0.29) is 11.5 Å². The Balaban J connectivity index is 1.99. The third kappa shape index (κ3) is 3.99. The van der Waals surface area contributed by atoms with Gasteiger partial charge in [0.2, 0.25) is 0 Å². The predicted octanol–water partition coefficient (Wildman–Crippen LogP) is 4.28. The maximum atomic E-state index is 12.1. The molecule has 21 heavy (non-hydrogen) atoms. The first-order valence-electron chi connectivity index (χ1n) is 7.75. The summed E-state index contributed by atoms with van der Waals surface area (Å²) >= 11 is 0. The second kappa shape index (κ2) is 5.70. The number of aryl methyl sites for hydroxylation is 1. The summed E-state index contributed by atoms with van der Waals surface area (Å²) in [6, 6.07) is 8.78. The van der Waals surface area contributed by atoms with Crippen LogP contribution in [-0.4, -0.2) is 29.7 Å². The minimum Gasteiger partial charge on any atom is -0.444 e. The summed E-state index contributed by atoms with van der Waals surface area (Å²) in [5.74, 6) is 0. The maximum Gasteiger partial charge on any atom is 0.410 e. The largest absolute Gasteiger partial charge is 0.444 e. The van der Waals surface area contributed by atoms with Crippen molar-refractivity contribution in [3.05, 3.63) is 35.4 Å². The minimum atomic E-state index is -0.422. The molecule has 0 aliphatic carbocycles. The molecule has 0 radical (unpaired) electrons. The molecule has 1 aliphatic rings. The number of nitrogens with zero attached hydrogens (tertiary/aromatic N) is 1. The van der Waals surface area contributed by atoms with Crippen LogP contribution in [-0.2, 0) is 10.2 Å². The highest BCUT2D eigenvalue weighted by Gasteiger charge is 2.34. The monoisotopic (exact) mass is 289 g/mol. The average molecular weight is 289 g/mol. The number of likely N-dealkylation sites (tertiary alicyclic amines) is 1. The molecule has 1 heterocycles. The first kappa shape index (κ1) is 15.9. The summed E-state index contributed by atoms with van der Waals surface area (Å²) in [6.45, 7) is 11.7. The van der Waals surface area contributed by atoms with Crippen LogP contribution >= 0.6 is 0 Å². The quantitative estimate of drug-likeness (QED) is 0.772. The van der Waals surface area contributed by atoms with Gasteiger partial charge in [-0.1, -0.05) is 36.8 Å². The van der Waals surface area contributed by atoms with Crippen LogP contribution < -0.4 is 0 Å². The molecule has 0 aromatic heterocycles. The van der Waals surface area contributed by atoms with E-state index in [1.807, 2.05) is 25.7 Å². The number of amides is 1. The Bertz CT molecular complexity index is 491. The van der Waals surface area contributed by atoms with Gasteiger partial charge in [-0.3, -0.25) is 0 Å². The first-order valence-corrected chi connectivity index (χ1v) is 7.75. The molecular weight excluding hydrogens is 262 g/mol. The number of hydrogen-bond donors (Lipinski definition) is 0. The van der Waals surface area contributed by atoms with E-state index in [4.69, 9.17) is 4.74 Å². The summed E-state index contributed by atoms with van der Waals surface area (Å²) in [4.78, 5) is 13.9. The van der Waals surface area contributed by atoms with Crippen LogP contribution in [0.2, 0.25) is 0 Å². The molecule has 0 atom stereocenters. The normalized spacial score (nSPS) is 18.4. The third-order valence-electron chi connectivity index (χ3n) is 4.27. The summed E-state index contributed by atoms with van der Waals surface area (Å²) < 4.78 is 5.45. The van der Waals surface area contributed by atoms with Gasteiger partial charge >= 0.3 is 6.09 Å². The Kier molecular flexibility index (Phi) is 4.31. The van der Waals surface area contributed by atoms with E-state index in [1.54, 1.807) is 0 Å². The smallest absolute Gasteiger partial charge is 0.410 e. The zero-order chi connectivity index (χ0) is 15.7. The van der Waals surface area contributed by atoms with Gasteiger partial charge in [0.05, 0.1) is 0 Å². The van der Waals surface area contributed by atoms with Crippen LogP contribution in [0.3, 0.4) is 0 Å². The number of hydrogen-bond acceptors (Lipinski definition) is 2. The van der Waals surface area contributed by atoms with Crippen molar-refractivity contribution in [2.75, 3.05) is 13.1 Å². The lowest BCUT2D eigenvalue weighted by atomic mass is 9.74. The molecule has 0 saturated carbocycles. The number of carbonyl (C=O) groups is 1. The molecule has 3 nitrogen and oxygen atoms in total. The zero-order valence-electron chi connectivity index (χ0n) is 13.9. The van der Waals surface area contributed by atoms with E-state index in [2.05, 4.69) is 38.1 Å². The van der Waals surface area contributed by atoms with Gasteiger partial charge in [0.25, 0.3) is 0 Å². The van der Waals surface area contributed by atoms with Gasteiger partial charge in [-0.25, -0.2) is 4.79 Å². The van der Waals surface area contributed by atoms with Gasteiger partial charge in [-0.15, -0.1) is 0 Å². The highest BCUT2D eigenvalue weighted by atomic mass is 16.6. The van der Waals surface area contributed by atoms with Crippen molar-refractivity contribution < 1.29 is 9.53 Å². The molecule has 1 fully saturated rings. The number of carbonyl (C=O) groups excluding carboxylic acids is 1. The molecule has 0 unspecified atom stereocenters. The molecule has 116 valence electrons. The molecule has 2 rings (SSSR count). The molecular formula is C18H27NO2. The average Bonchev–Trinajstić information content (AvgIpc) is 2.38. The molecule has 0 bridgehead atoms. The van der Waals surface area contributed by atoms with Crippen molar-refractivity contribution >= 4 is 6.09 Å². The van der Waals surface area contributed by atoms with Gasteiger partial charge in [0, 0.05) is 13.1 Å². The Morgan fingerprint density at radius 1 is 1.14 bits per heavy atom. The number of piperidine rings is 1. The van der Waals surface area contributed by atoms with Gasteiger partial charge in [-0.2, -0.15) is 0 Å². The maximum absolute atomic E-state index is 12.1. The zero-order valence-corrected chi connectivity index (χ0v) is 13.9. The van der Waals surface area contributed by atoms with Crippen LogP contribution in [0.25, 0.3) is 0 Å². The van der Waals surface area contributed by atoms with Crippen molar-refractivity contribution in [1.29, 1.82) is 0 Å². The summed E-state index contributed by atoms with van der Waals surface area (Å²) in [5, 5.41) is 0. The fourth-order valence-electron chi connectivity index (χ4n) is 2.75. The fraction of sp³-hybridized carbons (Fsp3) is 0.611.